The second kappa shape index (κ2) is 10.8. The average molecular weight is 461 g/mol. The minimum absolute atomic E-state index is 0.0215. The highest BCUT2D eigenvalue weighted by Crippen LogP contribution is 2.25. The van der Waals surface area contributed by atoms with E-state index in [2.05, 4.69) is 20.6 Å². The number of carbonyl (C=O) groups excluding carboxylic acids is 2. The molecule has 8 heteroatoms. The van der Waals surface area contributed by atoms with Gasteiger partial charge in [0.15, 0.2) is 0 Å². The number of anilines is 2. The molecule has 1 heterocycles. The van der Waals surface area contributed by atoms with E-state index in [9.17, 15) is 9.59 Å². The molecule has 0 aliphatic heterocycles. The van der Waals surface area contributed by atoms with Crippen molar-refractivity contribution in [2.45, 2.75) is 51.7 Å². The summed E-state index contributed by atoms with van der Waals surface area (Å²) in [6.07, 6.45) is 6.61. The van der Waals surface area contributed by atoms with Crippen LogP contribution in [0.4, 0.5) is 16.2 Å². The number of urea groups is 1. The van der Waals surface area contributed by atoms with Crippen molar-refractivity contribution < 1.29 is 19.1 Å². The van der Waals surface area contributed by atoms with E-state index in [0.717, 1.165) is 48.1 Å². The Kier molecular flexibility index (Phi) is 7.37. The van der Waals surface area contributed by atoms with Crippen LogP contribution >= 0.6 is 0 Å². The van der Waals surface area contributed by atoms with Crippen molar-refractivity contribution in [3.05, 3.63) is 66.5 Å². The van der Waals surface area contributed by atoms with Crippen molar-refractivity contribution in [2.24, 2.45) is 0 Å². The summed E-state index contributed by atoms with van der Waals surface area (Å²) < 4.78 is 11.2. The summed E-state index contributed by atoms with van der Waals surface area (Å²) in [5.41, 5.74) is 4.32. The molecule has 0 unspecified atom stereocenters. The van der Waals surface area contributed by atoms with Crippen LogP contribution in [0.3, 0.4) is 0 Å². The second-order valence-corrected chi connectivity index (χ2v) is 8.40. The lowest BCUT2D eigenvalue weighted by atomic mass is 9.95. The first-order valence-corrected chi connectivity index (χ1v) is 11.4. The highest BCUT2D eigenvalue weighted by atomic mass is 16.5. The van der Waals surface area contributed by atoms with Gasteiger partial charge < -0.3 is 20.1 Å². The van der Waals surface area contributed by atoms with Gasteiger partial charge in [-0.15, -0.1) is 0 Å². The molecular weight excluding hydrogens is 432 g/mol. The van der Waals surface area contributed by atoms with E-state index in [-0.39, 0.29) is 24.2 Å². The Hall–Kier alpha value is -3.94. The fourth-order valence-corrected chi connectivity index (χ4v) is 3.85. The molecule has 1 aliphatic rings. The molecule has 0 spiro atoms. The number of amides is 2. The van der Waals surface area contributed by atoms with Crippen molar-refractivity contribution in [2.75, 3.05) is 10.6 Å². The van der Waals surface area contributed by atoms with Crippen molar-refractivity contribution >= 4 is 23.4 Å². The third kappa shape index (κ3) is 6.54. The minimum atomic E-state index is -0.302. The van der Waals surface area contributed by atoms with Gasteiger partial charge in [-0.05, 0) is 62.4 Å². The number of esters is 1. The summed E-state index contributed by atoms with van der Waals surface area (Å²) in [6, 6.07) is 15.1. The smallest absolute Gasteiger partial charge is 0.323 e. The molecular formula is C26H28N4O4. The third-order valence-corrected chi connectivity index (χ3v) is 5.64. The number of hydrogen-bond acceptors (Lipinski definition) is 6. The summed E-state index contributed by atoms with van der Waals surface area (Å²) >= 11 is 0. The van der Waals surface area contributed by atoms with Crippen LogP contribution in [-0.2, 0) is 9.53 Å². The Bertz CT molecular complexity index is 1110. The van der Waals surface area contributed by atoms with Crippen LogP contribution in [0.5, 0.6) is 6.01 Å². The maximum Gasteiger partial charge on any atom is 0.323 e. The molecule has 176 valence electrons. The summed E-state index contributed by atoms with van der Waals surface area (Å²) in [4.78, 5) is 32.0. The fraction of sp³-hybridized carbons (Fsp3) is 0.308. The third-order valence-electron chi connectivity index (χ3n) is 5.64. The van der Waals surface area contributed by atoms with E-state index in [1.54, 1.807) is 12.4 Å². The molecule has 1 fully saturated rings. The molecule has 1 aliphatic carbocycles. The molecule has 2 N–H and O–H groups in total. The molecule has 2 amide bonds. The maximum atomic E-state index is 12.2. The van der Waals surface area contributed by atoms with Gasteiger partial charge >= 0.3 is 18.0 Å². The molecule has 0 atom stereocenters. The molecule has 34 heavy (non-hydrogen) atoms. The van der Waals surface area contributed by atoms with Gasteiger partial charge in [0.2, 0.25) is 0 Å². The Morgan fingerprint density at radius 2 is 1.32 bits per heavy atom. The first-order valence-electron chi connectivity index (χ1n) is 11.4. The van der Waals surface area contributed by atoms with Crippen LogP contribution in [0, 0.1) is 6.92 Å². The number of carbonyl (C=O) groups is 2. The molecule has 0 radical (unpaired) electrons. The predicted molar refractivity (Wildman–Crippen MR) is 130 cm³/mol. The molecule has 3 aromatic rings. The van der Waals surface area contributed by atoms with Gasteiger partial charge in [-0.1, -0.05) is 29.8 Å². The van der Waals surface area contributed by atoms with Gasteiger partial charge in [-0.25, -0.2) is 14.8 Å². The van der Waals surface area contributed by atoms with Gasteiger partial charge in [-0.2, -0.15) is 0 Å². The first-order chi connectivity index (χ1) is 16.4. The van der Waals surface area contributed by atoms with Crippen LogP contribution in [0.2, 0.25) is 0 Å². The van der Waals surface area contributed by atoms with E-state index in [1.807, 2.05) is 55.5 Å². The molecule has 0 bridgehead atoms. The Balaban J connectivity index is 1.28. The molecule has 1 saturated carbocycles. The Morgan fingerprint density at radius 1 is 0.794 bits per heavy atom. The molecule has 4 rings (SSSR count). The lowest BCUT2D eigenvalue weighted by molar-refractivity contribution is -0.148. The topological polar surface area (TPSA) is 102 Å². The summed E-state index contributed by atoms with van der Waals surface area (Å²) in [5, 5.41) is 5.63. The average Bonchev–Trinajstić information content (AvgIpc) is 2.83. The SMILES string of the molecule is CC(=O)OC1CCC(Oc2ncc(-c3ccc(NC(=O)Nc4ccc(C)cc4)cc3)cn2)CC1. The zero-order chi connectivity index (χ0) is 23.9. The molecule has 0 saturated heterocycles. The number of nitrogens with zero attached hydrogens (tertiary/aromatic N) is 2. The standard InChI is InChI=1S/C26H28N4O4/c1-17-3-7-21(8-4-17)29-25(32)30-22-9-5-19(6-10-22)20-15-27-26(28-16-20)34-24-13-11-23(12-14-24)33-18(2)31/h3-10,15-16,23-24H,11-14H2,1-2H3,(H2,29,30,32). The Morgan fingerprint density at radius 3 is 1.88 bits per heavy atom. The lowest BCUT2D eigenvalue weighted by Crippen LogP contribution is -2.29. The molecule has 1 aromatic heterocycles. The van der Waals surface area contributed by atoms with Gasteiger partial charge in [0, 0.05) is 36.3 Å². The zero-order valence-electron chi connectivity index (χ0n) is 19.3. The number of nitrogens with one attached hydrogen (secondary N) is 2. The summed E-state index contributed by atoms with van der Waals surface area (Å²) in [7, 11) is 0. The van der Waals surface area contributed by atoms with Crippen molar-refractivity contribution in [3.63, 3.8) is 0 Å². The maximum absolute atomic E-state index is 12.2. The summed E-state index contributed by atoms with van der Waals surface area (Å²) in [6.45, 7) is 3.43. The van der Waals surface area contributed by atoms with Crippen LogP contribution in [-0.4, -0.2) is 34.2 Å². The summed E-state index contributed by atoms with van der Waals surface area (Å²) in [5.74, 6) is -0.238. The highest BCUT2D eigenvalue weighted by Gasteiger charge is 2.24. The molecule has 8 nitrogen and oxygen atoms in total. The normalized spacial score (nSPS) is 17.5. The quantitative estimate of drug-likeness (QED) is 0.481. The zero-order valence-corrected chi connectivity index (χ0v) is 19.3. The number of aryl methyl sites for hydroxylation is 1. The second-order valence-electron chi connectivity index (χ2n) is 8.40. The number of benzene rings is 2. The van der Waals surface area contributed by atoms with Crippen molar-refractivity contribution in [3.8, 4) is 17.1 Å². The van der Waals surface area contributed by atoms with E-state index in [0.29, 0.717) is 11.7 Å². The van der Waals surface area contributed by atoms with Gasteiger partial charge in [-0.3, -0.25) is 4.79 Å². The predicted octanol–water partition coefficient (Wildman–Crippen LogP) is 5.35. The van der Waals surface area contributed by atoms with E-state index in [1.165, 1.54) is 6.92 Å². The van der Waals surface area contributed by atoms with Gasteiger partial charge in [0.25, 0.3) is 0 Å². The largest absolute Gasteiger partial charge is 0.463 e. The van der Waals surface area contributed by atoms with Crippen LogP contribution in [0.25, 0.3) is 11.1 Å². The lowest BCUT2D eigenvalue weighted by Gasteiger charge is -2.27. The number of rotatable bonds is 6. The molecule has 2 aromatic carbocycles. The van der Waals surface area contributed by atoms with Crippen LogP contribution in [0.15, 0.2) is 60.9 Å². The van der Waals surface area contributed by atoms with Gasteiger partial charge in [0.1, 0.15) is 12.2 Å². The van der Waals surface area contributed by atoms with Crippen LogP contribution < -0.4 is 15.4 Å². The Labute approximate surface area is 198 Å². The number of ether oxygens (including phenoxy) is 2. The monoisotopic (exact) mass is 460 g/mol. The van der Waals surface area contributed by atoms with Crippen molar-refractivity contribution in [1.82, 2.24) is 9.97 Å². The highest BCUT2D eigenvalue weighted by molar-refractivity contribution is 5.99. The minimum Gasteiger partial charge on any atom is -0.463 e. The van der Waals surface area contributed by atoms with E-state index in [4.69, 9.17) is 9.47 Å². The van der Waals surface area contributed by atoms with E-state index < -0.39 is 0 Å². The van der Waals surface area contributed by atoms with E-state index >= 15 is 0 Å². The number of hydrogen-bond donors (Lipinski definition) is 2. The van der Waals surface area contributed by atoms with Crippen LogP contribution in [0.1, 0.15) is 38.2 Å². The first kappa shape index (κ1) is 23.2. The number of aromatic nitrogens is 2. The fourth-order valence-electron chi connectivity index (χ4n) is 3.85. The van der Waals surface area contributed by atoms with Crippen molar-refractivity contribution in [1.29, 1.82) is 0 Å². The van der Waals surface area contributed by atoms with Gasteiger partial charge in [0.05, 0.1) is 0 Å².